The lowest BCUT2D eigenvalue weighted by Gasteiger charge is -2.10. The molecule has 6 nitrogen and oxygen atoms in total. The first-order valence-corrected chi connectivity index (χ1v) is 4.78. The molecular formula is C11H10N2O4. The van der Waals surface area contributed by atoms with Crippen LogP contribution in [0.25, 0.3) is 10.9 Å². The first-order chi connectivity index (χ1) is 7.95. The molecule has 1 heterocycles. The van der Waals surface area contributed by atoms with Crippen LogP contribution < -0.4 is 11.3 Å². The summed E-state index contributed by atoms with van der Waals surface area (Å²) >= 11 is 0. The highest BCUT2D eigenvalue weighted by molar-refractivity contribution is 6.03. The summed E-state index contributed by atoms with van der Waals surface area (Å²) in [7, 11) is 1.43. The molecule has 0 aliphatic heterocycles. The molecule has 0 saturated heterocycles. The van der Waals surface area contributed by atoms with Gasteiger partial charge in [0.2, 0.25) is 0 Å². The van der Waals surface area contributed by atoms with E-state index in [2.05, 4.69) is 0 Å². The van der Waals surface area contributed by atoms with Gasteiger partial charge in [0.05, 0.1) is 10.9 Å². The summed E-state index contributed by atoms with van der Waals surface area (Å²) in [4.78, 5) is 22.9. The molecule has 1 amide bonds. The van der Waals surface area contributed by atoms with Gasteiger partial charge in [0.15, 0.2) is 0 Å². The van der Waals surface area contributed by atoms with Crippen molar-refractivity contribution in [2.24, 2.45) is 12.8 Å². The number of aromatic nitrogens is 1. The van der Waals surface area contributed by atoms with Gasteiger partial charge in [0.25, 0.3) is 11.5 Å². The Morgan fingerprint density at radius 2 is 2.00 bits per heavy atom. The highest BCUT2D eigenvalue weighted by Gasteiger charge is 2.20. The maximum atomic E-state index is 11.8. The molecule has 0 fully saturated rings. The highest BCUT2D eigenvalue weighted by atomic mass is 16.3. The standard InChI is InChI=1S/C11H10N2O4/c1-13-5-3-2-4-6(14)7(5)9(15)8(10(12)16)11(13)17/h2-4,14-15H,1H3,(H2,12,16). The number of rotatable bonds is 1. The minimum atomic E-state index is -1.03. The Morgan fingerprint density at radius 3 is 2.59 bits per heavy atom. The van der Waals surface area contributed by atoms with Crippen LogP contribution in [-0.4, -0.2) is 20.7 Å². The Morgan fingerprint density at radius 1 is 1.35 bits per heavy atom. The fraction of sp³-hybridized carbons (Fsp3) is 0.0909. The van der Waals surface area contributed by atoms with E-state index < -0.39 is 22.8 Å². The number of aromatic hydroxyl groups is 2. The normalized spacial score (nSPS) is 10.6. The van der Waals surface area contributed by atoms with Crippen LogP contribution in [0.2, 0.25) is 0 Å². The zero-order chi connectivity index (χ0) is 12.7. The molecule has 4 N–H and O–H groups in total. The molecule has 0 spiro atoms. The maximum absolute atomic E-state index is 11.8. The van der Waals surface area contributed by atoms with Crippen molar-refractivity contribution in [3.63, 3.8) is 0 Å². The topological polar surface area (TPSA) is 106 Å². The third-order valence-corrected chi connectivity index (χ3v) is 2.62. The van der Waals surface area contributed by atoms with Gasteiger partial charge in [-0.25, -0.2) is 0 Å². The number of nitrogens with zero attached hydrogens (tertiary/aromatic N) is 1. The molecule has 0 bridgehead atoms. The Kier molecular flexibility index (Phi) is 2.27. The molecule has 0 atom stereocenters. The molecule has 0 aliphatic carbocycles. The van der Waals surface area contributed by atoms with E-state index in [1.54, 1.807) is 6.07 Å². The van der Waals surface area contributed by atoms with E-state index in [0.29, 0.717) is 5.52 Å². The molecule has 0 unspecified atom stereocenters. The van der Waals surface area contributed by atoms with Gasteiger partial charge in [0.1, 0.15) is 17.1 Å². The summed E-state index contributed by atoms with van der Waals surface area (Å²) in [5, 5.41) is 19.5. The fourth-order valence-electron chi connectivity index (χ4n) is 1.78. The molecule has 2 aromatic rings. The fourth-order valence-corrected chi connectivity index (χ4v) is 1.78. The molecule has 2 rings (SSSR count). The summed E-state index contributed by atoms with van der Waals surface area (Å²) in [6.45, 7) is 0. The van der Waals surface area contributed by atoms with Crippen molar-refractivity contribution in [2.75, 3.05) is 0 Å². The number of aryl methyl sites for hydroxylation is 1. The number of fused-ring (bicyclic) bond motifs is 1. The second kappa shape index (κ2) is 3.51. The number of amides is 1. The van der Waals surface area contributed by atoms with Crippen LogP contribution in [0.3, 0.4) is 0 Å². The van der Waals surface area contributed by atoms with E-state index in [1.165, 1.54) is 19.2 Å². The molecule has 88 valence electrons. The predicted octanol–water partition coefficient (Wildman–Crippen LogP) is 0.0486. The van der Waals surface area contributed by atoms with Gasteiger partial charge in [-0.1, -0.05) is 6.07 Å². The SMILES string of the molecule is Cn1c(=O)c(C(N)=O)c(O)c2c(O)cccc21. The third-order valence-electron chi connectivity index (χ3n) is 2.62. The van der Waals surface area contributed by atoms with Gasteiger partial charge in [-0.2, -0.15) is 0 Å². The Labute approximate surface area is 95.5 Å². The first-order valence-electron chi connectivity index (χ1n) is 4.78. The molecule has 0 aliphatic rings. The average molecular weight is 234 g/mol. The smallest absolute Gasteiger partial charge is 0.267 e. The number of carbonyl (C=O) groups excluding carboxylic acids is 1. The van der Waals surface area contributed by atoms with Crippen molar-refractivity contribution in [3.8, 4) is 11.5 Å². The number of benzene rings is 1. The van der Waals surface area contributed by atoms with Crippen molar-refractivity contribution in [1.82, 2.24) is 4.57 Å². The summed E-state index contributed by atoms with van der Waals surface area (Å²) < 4.78 is 1.15. The Bertz CT molecular complexity index is 688. The second-order valence-corrected chi connectivity index (χ2v) is 3.62. The largest absolute Gasteiger partial charge is 0.507 e. The number of nitrogens with two attached hydrogens (primary N) is 1. The Balaban J connectivity index is 3.13. The van der Waals surface area contributed by atoms with Crippen molar-refractivity contribution in [2.45, 2.75) is 0 Å². The number of carbonyl (C=O) groups is 1. The number of phenolic OH excluding ortho intramolecular Hbond substituents is 1. The van der Waals surface area contributed by atoms with Crippen LogP contribution in [-0.2, 0) is 7.05 Å². The molecule has 0 radical (unpaired) electrons. The van der Waals surface area contributed by atoms with Crippen molar-refractivity contribution in [1.29, 1.82) is 0 Å². The molecular weight excluding hydrogens is 224 g/mol. The van der Waals surface area contributed by atoms with Gasteiger partial charge >= 0.3 is 0 Å². The number of hydrogen-bond donors (Lipinski definition) is 3. The van der Waals surface area contributed by atoms with Gasteiger partial charge in [-0.15, -0.1) is 0 Å². The van der Waals surface area contributed by atoms with Crippen LogP contribution in [0.1, 0.15) is 10.4 Å². The van der Waals surface area contributed by atoms with Crippen molar-refractivity contribution < 1.29 is 15.0 Å². The van der Waals surface area contributed by atoms with Gasteiger partial charge in [0, 0.05) is 7.05 Å². The minimum Gasteiger partial charge on any atom is -0.507 e. The summed E-state index contributed by atoms with van der Waals surface area (Å²) in [6, 6.07) is 4.42. The summed E-state index contributed by atoms with van der Waals surface area (Å²) in [5.74, 6) is -1.85. The highest BCUT2D eigenvalue weighted by Crippen LogP contribution is 2.32. The monoisotopic (exact) mass is 234 g/mol. The molecule has 0 saturated carbocycles. The molecule has 6 heteroatoms. The van der Waals surface area contributed by atoms with E-state index in [9.17, 15) is 19.8 Å². The van der Waals surface area contributed by atoms with Crippen molar-refractivity contribution in [3.05, 3.63) is 34.1 Å². The van der Waals surface area contributed by atoms with Crippen LogP contribution in [0.5, 0.6) is 11.5 Å². The van der Waals surface area contributed by atoms with Crippen molar-refractivity contribution >= 4 is 16.8 Å². The van der Waals surface area contributed by atoms with E-state index in [0.717, 1.165) is 4.57 Å². The van der Waals surface area contributed by atoms with Crippen LogP contribution in [0.15, 0.2) is 23.0 Å². The molecule has 1 aromatic heterocycles. The zero-order valence-corrected chi connectivity index (χ0v) is 8.97. The van der Waals surface area contributed by atoms with E-state index in [1.807, 2.05) is 0 Å². The lowest BCUT2D eigenvalue weighted by Crippen LogP contribution is -2.28. The Hall–Kier alpha value is -2.50. The first kappa shape index (κ1) is 11.0. The van der Waals surface area contributed by atoms with Crippen LogP contribution in [0, 0.1) is 0 Å². The lowest BCUT2D eigenvalue weighted by atomic mass is 10.1. The second-order valence-electron chi connectivity index (χ2n) is 3.62. The molecule has 17 heavy (non-hydrogen) atoms. The number of phenols is 1. The minimum absolute atomic E-state index is 0.0309. The predicted molar refractivity (Wildman–Crippen MR) is 61.0 cm³/mol. The third kappa shape index (κ3) is 1.42. The maximum Gasteiger partial charge on any atom is 0.267 e. The van der Waals surface area contributed by atoms with Gasteiger partial charge < -0.3 is 20.5 Å². The van der Waals surface area contributed by atoms with Gasteiger partial charge in [-0.3, -0.25) is 9.59 Å². The van der Waals surface area contributed by atoms with E-state index in [-0.39, 0.29) is 11.1 Å². The number of pyridine rings is 1. The zero-order valence-electron chi connectivity index (χ0n) is 8.97. The van der Waals surface area contributed by atoms with Crippen LogP contribution >= 0.6 is 0 Å². The quantitative estimate of drug-likeness (QED) is 0.648. The number of primary amides is 1. The van der Waals surface area contributed by atoms with E-state index in [4.69, 9.17) is 5.73 Å². The average Bonchev–Trinajstić information content (AvgIpc) is 2.25. The summed E-state index contributed by atoms with van der Waals surface area (Å²) in [5.41, 5.74) is 4.12. The van der Waals surface area contributed by atoms with E-state index >= 15 is 0 Å². The lowest BCUT2D eigenvalue weighted by molar-refractivity contribution is 0.0996. The number of hydrogen-bond acceptors (Lipinski definition) is 4. The van der Waals surface area contributed by atoms with Gasteiger partial charge in [-0.05, 0) is 12.1 Å². The van der Waals surface area contributed by atoms with Crippen LogP contribution in [0.4, 0.5) is 0 Å². The molecule has 1 aromatic carbocycles. The summed E-state index contributed by atoms with van der Waals surface area (Å²) in [6.07, 6.45) is 0.